The smallest absolute Gasteiger partial charge is 0.0578 e. The number of aliphatic hydroxyl groups is 1. The Morgan fingerprint density at radius 1 is 0.931 bits per heavy atom. The molecule has 0 spiro atoms. The maximum absolute atomic E-state index is 10.2. The molecule has 0 bridgehead atoms. The Morgan fingerprint density at radius 2 is 1.69 bits per heavy atom. The highest BCUT2D eigenvalue weighted by atomic mass is 16.3. The Bertz CT molecular complexity index is 712. The molecule has 0 heterocycles. The standard InChI is InChI=1S/C28H44O/c1-18(2)19(3)7-8-20(4)24-11-12-25-23-10-9-21-17-22(29)13-15-27(21,5)26(23)14-16-28(24,25)6/h7-10,18-20,22,24-26,29H,11-17H2,1-6H3/b8-7+/t19-,20-,22-,24-,25-,26-,27-,28+/m0/s1. The van der Waals surface area contributed by atoms with Crippen molar-refractivity contribution in [3.63, 3.8) is 0 Å². The van der Waals surface area contributed by atoms with Gasteiger partial charge in [0.25, 0.3) is 0 Å². The van der Waals surface area contributed by atoms with Gasteiger partial charge in [-0.15, -0.1) is 0 Å². The van der Waals surface area contributed by atoms with E-state index in [4.69, 9.17) is 0 Å². The van der Waals surface area contributed by atoms with E-state index in [1.807, 2.05) is 0 Å². The first-order valence-electron chi connectivity index (χ1n) is 12.4. The molecular formula is C28H44O. The van der Waals surface area contributed by atoms with Gasteiger partial charge in [-0.2, -0.15) is 0 Å². The molecule has 0 aromatic carbocycles. The highest BCUT2D eigenvalue weighted by molar-refractivity contribution is 5.39. The fourth-order valence-electron chi connectivity index (χ4n) is 7.59. The molecule has 162 valence electrons. The van der Waals surface area contributed by atoms with E-state index >= 15 is 0 Å². The van der Waals surface area contributed by atoms with Crippen molar-refractivity contribution < 1.29 is 5.11 Å². The molecule has 3 fully saturated rings. The van der Waals surface area contributed by atoms with Crippen molar-refractivity contribution in [3.05, 3.63) is 35.5 Å². The van der Waals surface area contributed by atoms with Crippen molar-refractivity contribution in [2.75, 3.05) is 0 Å². The zero-order valence-corrected chi connectivity index (χ0v) is 19.7. The number of fused-ring (bicyclic) bond motifs is 5. The molecule has 8 atom stereocenters. The van der Waals surface area contributed by atoms with Gasteiger partial charge < -0.3 is 5.11 Å². The third-order valence-electron chi connectivity index (χ3n) is 10.0. The van der Waals surface area contributed by atoms with Gasteiger partial charge in [0.1, 0.15) is 0 Å². The van der Waals surface area contributed by atoms with Gasteiger partial charge in [-0.05, 0) is 91.3 Å². The maximum Gasteiger partial charge on any atom is 0.0578 e. The zero-order chi connectivity index (χ0) is 21.0. The van der Waals surface area contributed by atoms with E-state index in [-0.39, 0.29) is 6.10 Å². The Labute approximate surface area is 179 Å². The first kappa shape index (κ1) is 21.4. The van der Waals surface area contributed by atoms with Crippen molar-refractivity contribution in [1.82, 2.24) is 0 Å². The molecule has 29 heavy (non-hydrogen) atoms. The largest absolute Gasteiger partial charge is 0.393 e. The third-order valence-corrected chi connectivity index (χ3v) is 10.0. The van der Waals surface area contributed by atoms with Gasteiger partial charge in [-0.1, -0.05) is 77.0 Å². The SMILES string of the molecule is CC(C)[C@@H](C)/C=C/[C@H](C)[C@@H]1CC[C@H]2C3=CC=C4C[C@@H](O)CC[C@]4(C)[C@H]3CC[C@@]21C. The van der Waals surface area contributed by atoms with Gasteiger partial charge in [-0.3, -0.25) is 0 Å². The normalized spacial score (nSPS) is 44.0. The second-order valence-electron chi connectivity index (χ2n) is 11.9. The van der Waals surface area contributed by atoms with E-state index in [2.05, 4.69) is 65.8 Å². The summed E-state index contributed by atoms with van der Waals surface area (Å²) in [5.74, 6) is 4.38. The molecule has 1 N–H and O–H groups in total. The van der Waals surface area contributed by atoms with Gasteiger partial charge in [0, 0.05) is 0 Å². The van der Waals surface area contributed by atoms with Crippen LogP contribution in [-0.4, -0.2) is 11.2 Å². The molecule has 3 saturated carbocycles. The van der Waals surface area contributed by atoms with Crippen LogP contribution in [0.15, 0.2) is 35.5 Å². The van der Waals surface area contributed by atoms with Crippen LogP contribution in [0.25, 0.3) is 0 Å². The molecule has 1 heteroatoms. The summed E-state index contributed by atoms with van der Waals surface area (Å²) >= 11 is 0. The lowest BCUT2D eigenvalue weighted by Gasteiger charge is -2.55. The van der Waals surface area contributed by atoms with E-state index in [0.717, 1.165) is 36.5 Å². The van der Waals surface area contributed by atoms with Gasteiger partial charge >= 0.3 is 0 Å². The van der Waals surface area contributed by atoms with E-state index in [9.17, 15) is 5.11 Å². The van der Waals surface area contributed by atoms with Crippen molar-refractivity contribution in [2.24, 2.45) is 46.3 Å². The van der Waals surface area contributed by atoms with Crippen LogP contribution in [0, 0.1) is 46.3 Å². The molecule has 0 aromatic heterocycles. The lowest BCUT2D eigenvalue weighted by Crippen LogP contribution is -2.46. The topological polar surface area (TPSA) is 20.2 Å². The maximum atomic E-state index is 10.2. The molecule has 4 aliphatic rings. The summed E-state index contributed by atoms with van der Waals surface area (Å²) in [7, 11) is 0. The fraction of sp³-hybridized carbons (Fsp3) is 0.786. The van der Waals surface area contributed by atoms with Crippen LogP contribution in [0.1, 0.15) is 86.5 Å². The summed E-state index contributed by atoms with van der Waals surface area (Å²) in [6.45, 7) is 14.6. The number of aliphatic hydroxyl groups excluding tert-OH is 1. The lowest BCUT2D eigenvalue weighted by molar-refractivity contribution is 0.0382. The summed E-state index contributed by atoms with van der Waals surface area (Å²) < 4.78 is 0. The number of hydrogen-bond donors (Lipinski definition) is 1. The minimum absolute atomic E-state index is 0.116. The molecule has 0 saturated heterocycles. The zero-order valence-electron chi connectivity index (χ0n) is 19.7. The molecule has 4 aliphatic carbocycles. The van der Waals surface area contributed by atoms with Crippen LogP contribution in [0.4, 0.5) is 0 Å². The predicted molar refractivity (Wildman–Crippen MR) is 123 cm³/mol. The molecule has 4 rings (SSSR count). The molecule has 0 radical (unpaired) electrons. The Kier molecular flexibility index (Phi) is 5.69. The number of hydrogen-bond acceptors (Lipinski definition) is 1. The molecule has 0 unspecified atom stereocenters. The number of allylic oxidation sites excluding steroid dienone is 5. The summed E-state index contributed by atoms with van der Waals surface area (Å²) in [5, 5.41) is 10.2. The summed E-state index contributed by atoms with van der Waals surface area (Å²) in [4.78, 5) is 0. The lowest BCUT2D eigenvalue weighted by atomic mass is 9.50. The van der Waals surface area contributed by atoms with Gasteiger partial charge in [0.2, 0.25) is 0 Å². The van der Waals surface area contributed by atoms with Crippen LogP contribution in [0.5, 0.6) is 0 Å². The van der Waals surface area contributed by atoms with Crippen LogP contribution < -0.4 is 0 Å². The van der Waals surface area contributed by atoms with Gasteiger partial charge in [0.05, 0.1) is 6.10 Å². The quantitative estimate of drug-likeness (QED) is 0.493. The van der Waals surface area contributed by atoms with Crippen LogP contribution in [-0.2, 0) is 0 Å². The van der Waals surface area contributed by atoms with E-state index < -0.39 is 0 Å². The van der Waals surface area contributed by atoms with Crippen molar-refractivity contribution >= 4 is 0 Å². The molecule has 0 amide bonds. The molecule has 1 nitrogen and oxygen atoms in total. The second-order valence-corrected chi connectivity index (χ2v) is 11.9. The first-order valence-corrected chi connectivity index (χ1v) is 12.4. The minimum Gasteiger partial charge on any atom is -0.393 e. The highest BCUT2D eigenvalue weighted by Crippen LogP contribution is 2.65. The van der Waals surface area contributed by atoms with Gasteiger partial charge in [-0.25, -0.2) is 0 Å². The molecular weight excluding hydrogens is 352 g/mol. The summed E-state index contributed by atoms with van der Waals surface area (Å²) in [5.41, 5.74) is 4.07. The van der Waals surface area contributed by atoms with E-state index in [0.29, 0.717) is 22.7 Å². The Morgan fingerprint density at radius 3 is 2.41 bits per heavy atom. The average Bonchev–Trinajstić information content (AvgIpc) is 3.03. The third kappa shape index (κ3) is 3.50. The van der Waals surface area contributed by atoms with E-state index in [1.54, 1.807) is 5.57 Å². The predicted octanol–water partition coefficient (Wildman–Crippen LogP) is 7.33. The van der Waals surface area contributed by atoms with Crippen LogP contribution in [0.3, 0.4) is 0 Å². The van der Waals surface area contributed by atoms with Crippen molar-refractivity contribution in [2.45, 2.75) is 92.6 Å². The molecule has 0 aliphatic heterocycles. The Balaban J connectivity index is 1.57. The monoisotopic (exact) mass is 396 g/mol. The van der Waals surface area contributed by atoms with Crippen molar-refractivity contribution in [3.8, 4) is 0 Å². The highest BCUT2D eigenvalue weighted by Gasteiger charge is 2.56. The second kappa shape index (κ2) is 7.70. The average molecular weight is 397 g/mol. The van der Waals surface area contributed by atoms with Crippen LogP contribution in [0.2, 0.25) is 0 Å². The minimum atomic E-state index is -0.116. The van der Waals surface area contributed by atoms with Crippen LogP contribution >= 0.6 is 0 Å². The van der Waals surface area contributed by atoms with E-state index in [1.165, 1.54) is 37.7 Å². The first-order chi connectivity index (χ1) is 13.7. The number of rotatable bonds is 4. The fourth-order valence-corrected chi connectivity index (χ4v) is 7.59. The Hall–Kier alpha value is -0.820. The van der Waals surface area contributed by atoms with Gasteiger partial charge in [0.15, 0.2) is 0 Å². The summed E-state index contributed by atoms with van der Waals surface area (Å²) in [6, 6.07) is 0. The summed E-state index contributed by atoms with van der Waals surface area (Å²) in [6.07, 6.45) is 18.4. The van der Waals surface area contributed by atoms with Crippen molar-refractivity contribution in [1.29, 1.82) is 0 Å². The molecule has 0 aromatic rings.